The number of hydrogen-bond donors (Lipinski definition) is 4. The molecule has 1 aromatic rings. The van der Waals surface area contributed by atoms with E-state index in [4.69, 9.17) is 4.74 Å². The van der Waals surface area contributed by atoms with Gasteiger partial charge in [-0.1, -0.05) is 19.1 Å². The Morgan fingerprint density at radius 3 is 2.48 bits per heavy atom. The Labute approximate surface area is 203 Å². The number of ether oxygens (including phenoxy) is 1. The minimum Gasteiger partial charge on any atom is -0.497 e. The fourth-order valence-corrected chi connectivity index (χ4v) is 3.38. The average Bonchev–Trinajstić information content (AvgIpc) is 2.77. The number of nitrogens with one attached hydrogen (secondary N) is 3. The molecule has 0 bridgehead atoms. The summed E-state index contributed by atoms with van der Waals surface area (Å²) in [6, 6.07) is 7.68. The summed E-state index contributed by atoms with van der Waals surface area (Å²) in [6.45, 7) is 8.07. The van der Waals surface area contributed by atoms with E-state index < -0.39 is 6.10 Å². The topological polar surface area (TPSA) is 98.2 Å². The number of methoxy groups -OCH3 is 1. The number of benzene rings is 1. The minimum absolute atomic E-state index is 0. The number of aliphatic hydroxyl groups excluding tert-OH is 1. The average molecular weight is 547 g/mol. The standard InChI is InChI=1S/C22H37N5O3.HI/c1-4-12-24-21(29)16-27-13-10-18(11-14-27)26-22(23-5-2)25-15-20(28)17-6-8-19(30-3)9-7-17;/h6-9,18,20,28H,4-5,10-16H2,1-3H3,(H,24,29)(H2,23,25,26);1H. The summed E-state index contributed by atoms with van der Waals surface area (Å²) in [7, 11) is 1.62. The van der Waals surface area contributed by atoms with Crippen LogP contribution >= 0.6 is 24.0 Å². The third-order valence-corrected chi connectivity index (χ3v) is 5.13. The molecular weight excluding hydrogens is 509 g/mol. The van der Waals surface area contributed by atoms with Crippen LogP contribution in [0.4, 0.5) is 0 Å². The lowest BCUT2D eigenvalue weighted by Gasteiger charge is -2.32. The molecule has 9 heteroatoms. The zero-order chi connectivity index (χ0) is 21.8. The number of likely N-dealkylation sites (tertiary alicyclic amines) is 1. The fraction of sp³-hybridized carbons (Fsp3) is 0.636. The van der Waals surface area contributed by atoms with Crippen LogP contribution in [-0.2, 0) is 4.79 Å². The summed E-state index contributed by atoms with van der Waals surface area (Å²) in [4.78, 5) is 18.6. The molecule has 0 aliphatic carbocycles. The first-order chi connectivity index (χ1) is 14.5. The van der Waals surface area contributed by atoms with E-state index in [0.717, 1.165) is 56.8 Å². The summed E-state index contributed by atoms with van der Waals surface area (Å²) >= 11 is 0. The number of piperidine rings is 1. The van der Waals surface area contributed by atoms with Crippen molar-refractivity contribution in [2.24, 2.45) is 4.99 Å². The highest BCUT2D eigenvalue weighted by Crippen LogP contribution is 2.18. The van der Waals surface area contributed by atoms with Crippen molar-refractivity contribution in [3.05, 3.63) is 29.8 Å². The molecule has 1 atom stereocenters. The Bertz CT molecular complexity index is 664. The lowest BCUT2D eigenvalue weighted by atomic mass is 10.1. The Morgan fingerprint density at radius 2 is 1.90 bits per heavy atom. The van der Waals surface area contributed by atoms with Crippen molar-refractivity contribution in [1.82, 2.24) is 20.9 Å². The van der Waals surface area contributed by atoms with E-state index in [1.54, 1.807) is 7.11 Å². The molecule has 1 amide bonds. The molecule has 1 heterocycles. The van der Waals surface area contributed by atoms with Gasteiger partial charge in [-0.25, -0.2) is 0 Å². The summed E-state index contributed by atoms with van der Waals surface area (Å²) < 4.78 is 5.15. The maximum atomic E-state index is 11.9. The van der Waals surface area contributed by atoms with Crippen LogP contribution in [0.25, 0.3) is 0 Å². The number of guanidine groups is 1. The van der Waals surface area contributed by atoms with Gasteiger partial charge in [0.2, 0.25) is 5.91 Å². The number of halogens is 1. The number of hydrogen-bond acceptors (Lipinski definition) is 5. The van der Waals surface area contributed by atoms with Gasteiger partial charge in [0.25, 0.3) is 0 Å². The second-order valence-corrected chi connectivity index (χ2v) is 7.55. The van der Waals surface area contributed by atoms with Crippen LogP contribution in [0, 0.1) is 0 Å². The molecular formula is C22H38IN5O3. The molecule has 176 valence electrons. The highest BCUT2D eigenvalue weighted by atomic mass is 127. The van der Waals surface area contributed by atoms with E-state index in [1.165, 1.54) is 0 Å². The molecule has 1 saturated heterocycles. The maximum absolute atomic E-state index is 11.9. The predicted molar refractivity (Wildman–Crippen MR) is 135 cm³/mol. The van der Waals surface area contributed by atoms with Gasteiger partial charge in [0.15, 0.2) is 5.96 Å². The first kappa shape index (κ1) is 27.4. The van der Waals surface area contributed by atoms with Crippen molar-refractivity contribution in [3.8, 4) is 5.75 Å². The fourth-order valence-electron chi connectivity index (χ4n) is 3.38. The summed E-state index contributed by atoms with van der Waals surface area (Å²) in [5, 5.41) is 20.1. The zero-order valence-corrected chi connectivity index (χ0v) is 21.2. The van der Waals surface area contributed by atoms with E-state index in [-0.39, 0.29) is 36.4 Å². The lowest BCUT2D eigenvalue weighted by molar-refractivity contribution is -0.122. The highest BCUT2D eigenvalue weighted by molar-refractivity contribution is 14.0. The van der Waals surface area contributed by atoms with Crippen molar-refractivity contribution in [3.63, 3.8) is 0 Å². The molecule has 4 N–H and O–H groups in total. The van der Waals surface area contributed by atoms with Crippen LogP contribution in [0.5, 0.6) is 5.75 Å². The van der Waals surface area contributed by atoms with Crippen LogP contribution in [0.15, 0.2) is 29.3 Å². The summed E-state index contributed by atoms with van der Waals surface area (Å²) in [5.41, 5.74) is 0.810. The van der Waals surface area contributed by atoms with Gasteiger partial charge in [0, 0.05) is 32.2 Å². The SMILES string of the molecule is CCCNC(=O)CN1CCC(NC(=NCC(O)c2ccc(OC)cc2)NCC)CC1.I. The minimum atomic E-state index is -0.671. The normalized spacial score (nSPS) is 16.2. The van der Waals surface area contributed by atoms with E-state index >= 15 is 0 Å². The molecule has 1 aromatic carbocycles. The molecule has 0 radical (unpaired) electrons. The molecule has 8 nitrogen and oxygen atoms in total. The summed E-state index contributed by atoms with van der Waals surface area (Å²) in [5.74, 6) is 1.58. The van der Waals surface area contributed by atoms with Crippen LogP contribution < -0.4 is 20.7 Å². The highest BCUT2D eigenvalue weighted by Gasteiger charge is 2.21. The Hall–Kier alpha value is -1.59. The lowest BCUT2D eigenvalue weighted by Crippen LogP contribution is -2.50. The molecule has 0 aromatic heterocycles. The number of rotatable bonds is 10. The van der Waals surface area contributed by atoms with Crippen molar-refractivity contribution in [2.45, 2.75) is 45.3 Å². The monoisotopic (exact) mass is 547 g/mol. The Kier molecular flexibility index (Phi) is 13.5. The first-order valence-corrected chi connectivity index (χ1v) is 10.9. The molecule has 1 aliphatic heterocycles. The molecule has 31 heavy (non-hydrogen) atoms. The van der Waals surface area contributed by atoms with Crippen LogP contribution in [0.3, 0.4) is 0 Å². The van der Waals surface area contributed by atoms with Gasteiger partial charge in [0.1, 0.15) is 5.75 Å². The number of aliphatic imine (C=N–C) groups is 1. The number of amides is 1. The molecule has 0 spiro atoms. The Balaban J connectivity index is 0.00000480. The number of aliphatic hydroxyl groups is 1. The zero-order valence-electron chi connectivity index (χ0n) is 18.9. The second kappa shape index (κ2) is 15.3. The molecule has 1 aliphatic rings. The van der Waals surface area contributed by atoms with E-state index in [9.17, 15) is 9.90 Å². The van der Waals surface area contributed by atoms with Gasteiger partial charge in [-0.15, -0.1) is 24.0 Å². The third-order valence-electron chi connectivity index (χ3n) is 5.13. The molecule has 1 fully saturated rings. The molecule has 1 unspecified atom stereocenters. The smallest absolute Gasteiger partial charge is 0.234 e. The third kappa shape index (κ3) is 10.0. The van der Waals surface area contributed by atoms with Gasteiger partial charge in [-0.3, -0.25) is 14.7 Å². The second-order valence-electron chi connectivity index (χ2n) is 7.55. The van der Waals surface area contributed by atoms with Gasteiger partial charge in [-0.05, 0) is 43.9 Å². The van der Waals surface area contributed by atoms with Crippen molar-refractivity contribution in [2.75, 3.05) is 46.4 Å². The molecule has 0 saturated carbocycles. The van der Waals surface area contributed by atoms with Crippen LogP contribution in [0.1, 0.15) is 44.8 Å². The summed E-state index contributed by atoms with van der Waals surface area (Å²) in [6.07, 6.45) is 2.19. The van der Waals surface area contributed by atoms with E-state index in [0.29, 0.717) is 18.5 Å². The van der Waals surface area contributed by atoms with Gasteiger partial charge in [0.05, 0.1) is 26.3 Å². The van der Waals surface area contributed by atoms with Gasteiger partial charge in [-0.2, -0.15) is 0 Å². The van der Waals surface area contributed by atoms with Crippen molar-refractivity contribution in [1.29, 1.82) is 0 Å². The number of carbonyl (C=O) groups excluding carboxylic acids is 1. The van der Waals surface area contributed by atoms with Gasteiger partial charge < -0.3 is 25.8 Å². The Morgan fingerprint density at radius 1 is 1.23 bits per heavy atom. The molecule has 2 rings (SSSR count). The van der Waals surface area contributed by atoms with Gasteiger partial charge >= 0.3 is 0 Å². The predicted octanol–water partition coefficient (Wildman–Crippen LogP) is 1.89. The maximum Gasteiger partial charge on any atom is 0.234 e. The number of carbonyl (C=O) groups is 1. The first-order valence-electron chi connectivity index (χ1n) is 10.9. The van der Waals surface area contributed by atoms with Crippen LogP contribution in [-0.4, -0.2) is 74.3 Å². The van der Waals surface area contributed by atoms with Crippen LogP contribution in [0.2, 0.25) is 0 Å². The quantitative estimate of drug-likeness (QED) is 0.203. The number of nitrogens with zero attached hydrogens (tertiary/aromatic N) is 2. The van der Waals surface area contributed by atoms with Crippen molar-refractivity contribution >= 4 is 35.8 Å². The van der Waals surface area contributed by atoms with E-state index in [1.807, 2.05) is 31.2 Å². The largest absolute Gasteiger partial charge is 0.497 e. The van der Waals surface area contributed by atoms with E-state index in [2.05, 4.69) is 32.8 Å². The van der Waals surface area contributed by atoms with Crippen molar-refractivity contribution < 1.29 is 14.6 Å².